The second-order valence-corrected chi connectivity index (χ2v) is 9.76. The van der Waals surface area contributed by atoms with Gasteiger partial charge in [0.2, 0.25) is 11.8 Å². The number of carbonyl (C=O) groups is 2. The number of rotatable bonds is 8. The topological polar surface area (TPSA) is 96.3 Å². The molecule has 1 aromatic carbocycles. The third-order valence-corrected chi connectivity index (χ3v) is 6.10. The van der Waals surface area contributed by atoms with Crippen LogP contribution in [0.15, 0.2) is 34.9 Å². The van der Waals surface area contributed by atoms with Gasteiger partial charge in [0.1, 0.15) is 0 Å². The molecule has 3 rings (SSSR count). The Morgan fingerprint density at radius 1 is 1.12 bits per heavy atom. The number of amides is 2. The number of benzene rings is 1. The molecule has 7 heteroatoms. The molecule has 0 radical (unpaired) electrons. The first-order valence-electron chi connectivity index (χ1n) is 11.5. The van der Waals surface area contributed by atoms with Crippen LogP contribution >= 0.6 is 0 Å². The van der Waals surface area contributed by atoms with E-state index in [4.69, 9.17) is 4.52 Å². The molecule has 7 nitrogen and oxygen atoms in total. The average Bonchev–Trinajstić information content (AvgIpc) is 3.20. The molecule has 2 aromatic rings. The van der Waals surface area contributed by atoms with E-state index in [-0.39, 0.29) is 17.2 Å². The molecule has 174 valence electrons. The summed E-state index contributed by atoms with van der Waals surface area (Å²) in [4.78, 5) is 23.3. The Balaban J connectivity index is 1.56. The molecule has 1 aliphatic rings. The zero-order valence-corrected chi connectivity index (χ0v) is 19.7. The SMILES string of the molecule is CC(=O)NCCNC(=O)CC1CCNCC1Cc1cc(-c2ccc(C(C)(C)C)cc2)on1. The highest BCUT2D eigenvalue weighted by Crippen LogP contribution is 2.29. The van der Waals surface area contributed by atoms with Gasteiger partial charge in [0.25, 0.3) is 0 Å². The fourth-order valence-electron chi connectivity index (χ4n) is 4.18. The minimum Gasteiger partial charge on any atom is -0.356 e. The van der Waals surface area contributed by atoms with Crippen molar-refractivity contribution in [3.8, 4) is 11.3 Å². The normalized spacial score (nSPS) is 18.9. The van der Waals surface area contributed by atoms with Crippen LogP contribution in [0.2, 0.25) is 0 Å². The molecule has 1 fully saturated rings. The molecule has 0 aliphatic carbocycles. The van der Waals surface area contributed by atoms with Gasteiger partial charge in [0, 0.05) is 38.1 Å². The van der Waals surface area contributed by atoms with Gasteiger partial charge >= 0.3 is 0 Å². The van der Waals surface area contributed by atoms with Crippen molar-refractivity contribution in [2.45, 2.75) is 52.4 Å². The Morgan fingerprint density at radius 3 is 2.53 bits per heavy atom. The summed E-state index contributed by atoms with van der Waals surface area (Å²) in [7, 11) is 0. The minimum atomic E-state index is -0.0882. The van der Waals surface area contributed by atoms with Gasteiger partial charge in [0.05, 0.1) is 5.69 Å². The third-order valence-electron chi connectivity index (χ3n) is 6.10. The Bertz CT molecular complexity index is 899. The quantitative estimate of drug-likeness (QED) is 0.548. The van der Waals surface area contributed by atoms with Crippen LogP contribution in [0.3, 0.4) is 0 Å². The molecule has 1 aromatic heterocycles. The highest BCUT2D eigenvalue weighted by Gasteiger charge is 2.28. The van der Waals surface area contributed by atoms with E-state index in [1.54, 1.807) is 0 Å². The maximum atomic E-state index is 12.4. The van der Waals surface area contributed by atoms with Gasteiger partial charge in [0.15, 0.2) is 5.76 Å². The zero-order chi connectivity index (χ0) is 23.1. The largest absolute Gasteiger partial charge is 0.356 e. The molecule has 32 heavy (non-hydrogen) atoms. The highest BCUT2D eigenvalue weighted by molar-refractivity contribution is 5.76. The van der Waals surface area contributed by atoms with E-state index < -0.39 is 0 Å². The Labute approximate surface area is 190 Å². The van der Waals surface area contributed by atoms with Gasteiger partial charge in [-0.3, -0.25) is 9.59 Å². The van der Waals surface area contributed by atoms with Crippen LogP contribution in [-0.4, -0.2) is 43.2 Å². The van der Waals surface area contributed by atoms with Crippen LogP contribution < -0.4 is 16.0 Å². The lowest BCUT2D eigenvalue weighted by atomic mass is 9.81. The first-order valence-corrected chi connectivity index (χ1v) is 11.5. The maximum Gasteiger partial charge on any atom is 0.220 e. The summed E-state index contributed by atoms with van der Waals surface area (Å²) in [6, 6.07) is 10.5. The van der Waals surface area contributed by atoms with Crippen molar-refractivity contribution in [3.63, 3.8) is 0 Å². The van der Waals surface area contributed by atoms with Crippen molar-refractivity contribution in [3.05, 3.63) is 41.6 Å². The van der Waals surface area contributed by atoms with Gasteiger partial charge in [-0.15, -0.1) is 0 Å². The first-order chi connectivity index (χ1) is 15.2. The van der Waals surface area contributed by atoms with E-state index in [1.165, 1.54) is 12.5 Å². The van der Waals surface area contributed by atoms with Crippen LogP contribution in [0.1, 0.15) is 51.8 Å². The van der Waals surface area contributed by atoms with Gasteiger partial charge in [-0.1, -0.05) is 50.2 Å². The summed E-state index contributed by atoms with van der Waals surface area (Å²) in [6.07, 6.45) is 2.23. The van der Waals surface area contributed by atoms with Gasteiger partial charge in [-0.2, -0.15) is 0 Å². The Kier molecular flexibility index (Phi) is 8.07. The second kappa shape index (κ2) is 10.8. The lowest BCUT2D eigenvalue weighted by Crippen LogP contribution is -2.41. The molecule has 3 N–H and O–H groups in total. The molecule has 2 heterocycles. The standard InChI is InChI=1S/C25H36N4O3/c1-17(30)27-11-12-28-24(31)14-19-9-10-26-16-20(19)13-22-15-23(32-29-22)18-5-7-21(8-6-18)25(2,3)4/h5-8,15,19-20,26H,9-14,16H2,1-4H3,(H,27,30)(H,28,31). The molecular weight excluding hydrogens is 404 g/mol. The van der Waals surface area contributed by atoms with Crippen LogP contribution in [0, 0.1) is 11.8 Å². The van der Waals surface area contributed by atoms with Crippen molar-refractivity contribution in [2.24, 2.45) is 11.8 Å². The number of nitrogens with zero attached hydrogens (tertiary/aromatic N) is 1. The predicted octanol–water partition coefficient (Wildman–Crippen LogP) is 3.05. The fourth-order valence-corrected chi connectivity index (χ4v) is 4.18. The van der Waals surface area contributed by atoms with Crippen molar-refractivity contribution in [2.75, 3.05) is 26.2 Å². The fraction of sp³-hybridized carbons (Fsp3) is 0.560. The smallest absolute Gasteiger partial charge is 0.220 e. The highest BCUT2D eigenvalue weighted by atomic mass is 16.5. The Morgan fingerprint density at radius 2 is 1.84 bits per heavy atom. The van der Waals surface area contributed by atoms with Crippen molar-refractivity contribution in [1.29, 1.82) is 0 Å². The van der Waals surface area contributed by atoms with Crippen LogP contribution in [-0.2, 0) is 21.4 Å². The monoisotopic (exact) mass is 440 g/mol. The first kappa shape index (κ1) is 24.0. The third kappa shape index (κ3) is 6.92. The number of nitrogens with one attached hydrogen (secondary N) is 3. The molecule has 1 saturated heterocycles. The number of hydrogen-bond donors (Lipinski definition) is 3. The Hall–Kier alpha value is -2.67. The lowest BCUT2D eigenvalue weighted by Gasteiger charge is -2.31. The molecule has 0 saturated carbocycles. The lowest BCUT2D eigenvalue weighted by molar-refractivity contribution is -0.123. The van der Waals surface area contributed by atoms with E-state index in [9.17, 15) is 9.59 Å². The number of piperidine rings is 1. The molecule has 2 atom stereocenters. The number of aromatic nitrogens is 1. The summed E-state index contributed by atoms with van der Waals surface area (Å²) < 4.78 is 5.63. The van der Waals surface area contributed by atoms with E-state index in [0.717, 1.165) is 42.9 Å². The van der Waals surface area contributed by atoms with Crippen LogP contribution in [0.5, 0.6) is 0 Å². The molecule has 2 unspecified atom stereocenters. The van der Waals surface area contributed by atoms with Gasteiger partial charge in [-0.25, -0.2) is 0 Å². The summed E-state index contributed by atoms with van der Waals surface area (Å²) in [5, 5.41) is 13.3. The van der Waals surface area contributed by atoms with E-state index in [2.05, 4.69) is 66.1 Å². The zero-order valence-electron chi connectivity index (χ0n) is 19.7. The maximum absolute atomic E-state index is 12.4. The van der Waals surface area contributed by atoms with Crippen LogP contribution in [0.25, 0.3) is 11.3 Å². The van der Waals surface area contributed by atoms with Gasteiger partial charge < -0.3 is 20.5 Å². The average molecular weight is 441 g/mol. The minimum absolute atomic E-state index is 0.0343. The molecule has 2 amide bonds. The van der Waals surface area contributed by atoms with Crippen molar-refractivity contribution in [1.82, 2.24) is 21.1 Å². The van der Waals surface area contributed by atoms with E-state index >= 15 is 0 Å². The number of carbonyl (C=O) groups excluding carboxylic acids is 2. The summed E-state index contributed by atoms with van der Waals surface area (Å²) in [5.74, 6) is 1.34. The van der Waals surface area contributed by atoms with Crippen molar-refractivity contribution >= 4 is 11.8 Å². The van der Waals surface area contributed by atoms with Crippen LogP contribution in [0.4, 0.5) is 0 Å². The summed E-state index contributed by atoms with van der Waals surface area (Å²) in [5.41, 5.74) is 3.34. The molecule has 0 spiro atoms. The number of hydrogen-bond acceptors (Lipinski definition) is 5. The molecule has 1 aliphatic heterocycles. The molecular formula is C25H36N4O3. The van der Waals surface area contributed by atoms with Gasteiger partial charge in [-0.05, 0) is 48.7 Å². The van der Waals surface area contributed by atoms with E-state index in [1.807, 2.05) is 6.07 Å². The van der Waals surface area contributed by atoms with E-state index in [0.29, 0.717) is 31.3 Å². The second-order valence-electron chi connectivity index (χ2n) is 9.76. The summed E-state index contributed by atoms with van der Waals surface area (Å²) >= 11 is 0. The summed E-state index contributed by atoms with van der Waals surface area (Å²) in [6.45, 7) is 10.8. The molecule has 0 bridgehead atoms. The van der Waals surface area contributed by atoms with Crippen molar-refractivity contribution < 1.29 is 14.1 Å². The predicted molar refractivity (Wildman–Crippen MR) is 125 cm³/mol.